The van der Waals surface area contributed by atoms with Crippen molar-refractivity contribution in [2.24, 2.45) is 0 Å². The zero-order valence-electron chi connectivity index (χ0n) is 11.4. The maximum Gasteiger partial charge on any atom is 0.255 e. The van der Waals surface area contributed by atoms with Crippen LogP contribution in [0.5, 0.6) is 5.75 Å². The maximum atomic E-state index is 12.2. The zero-order valence-corrected chi connectivity index (χ0v) is 13.0. The van der Waals surface area contributed by atoms with Crippen molar-refractivity contribution in [3.63, 3.8) is 0 Å². The number of carbonyl (C=O) groups is 1. The minimum absolute atomic E-state index is 0.149. The Hall–Kier alpha value is -1.81. The van der Waals surface area contributed by atoms with Gasteiger partial charge in [-0.1, -0.05) is 45.8 Å². The molecule has 0 aromatic heterocycles. The molecular weight excluding hydrogens is 318 g/mol. The van der Waals surface area contributed by atoms with Crippen molar-refractivity contribution in [3.8, 4) is 5.75 Å². The quantitative estimate of drug-likeness (QED) is 0.926. The minimum Gasteiger partial charge on any atom is -0.496 e. The van der Waals surface area contributed by atoms with Crippen LogP contribution in [0.2, 0.25) is 0 Å². The average Bonchev–Trinajstić information content (AvgIpc) is 2.46. The topological polar surface area (TPSA) is 38.3 Å². The van der Waals surface area contributed by atoms with Gasteiger partial charge in [-0.25, -0.2) is 0 Å². The molecule has 4 heteroatoms. The van der Waals surface area contributed by atoms with E-state index in [1.807, 2.05) is 37.3 Å². The monoisotopic (exact) mass is 333 g/mol. The Labute approximate surface area is 127 Å². The van der Waals surface area contributed by atoms with Gasteiger partial charge < -0.3 is 10.1 Å². The van der Waals surface area contributed by atoms with Crippen molar-refractivity contribution < 1.29 is 9.53 Å². The van der Waals surface area contributed by atoms with Crippen LogP contribution < -0.4 is 10.1 Å². The summed E-state index contributed by atoms with van der Waals surface area (Å²) in [5.74, 6) is 0.415. The molecule has 0 saturated heterocycles. The van der Waals surface area contributed by atoms with Gasteiger partial charge in [-0.3, -0.25) is 4.79 Å². The molecule has 104 valence electrons. The summed E-state index contributed by atoms with van der Waals surface area (Å²) in [5, 5.41) is 2.90. The van der Waals surface area contributed by atoms with E-state index in [1.165, 1.54) is 5.56 Å². The summed E-state index contributed by atoms with van der Waals surface area (Å²) in [6, 6.07) is 13.4. The zero-order chi connectivity index (χ0) is 14.5. The van der Waals surface area contributed by atoms with Crippen molar-refractivity contribution in [3.05, 3.63) is 63.6 Å². The third-order valence-corrected chi connectivity index (χ3v) is 3.47. The molecule has 2 rings (SSSR count). The highest BCUT2D eigenvalue weighted by molar-refractivity contribution is 9.10. The molecule has 0 atom stereocenters. The second kappa shape index (κ2) is 6.57. The van der Waals surface area contributed by atoms with Crippen molar-refractivity contribution >= 4 is 21.8 Å². The van der Waals surface area contributed by atoms with Gasteiger partial charge in [0.1, 0.15) is 5.75 Å². The lowest BCUT2D eigenvalue weighted by Gasteiger charge is -2.10. The van der Waals surface area contributed by atoms with Crippen LogP contribution in [0.1, 0.15) is 21.5 Å². The Kier molecular flexibility index (Phi) is 4.79. The van der Waals surface area contributed by atoms with E-state index in [2.05, 4.69) is 21.2 Å². The first-order valence-corrected chi connectivity index (χ1v) is 7.06. The summed E-state index contributed by atoms with van der Waals surface area (Å²) in [6.45, 7) is 2.53. The molecular formula is C16H16BrNO2. The Morgan fingerprint density at radius 3 is 2.55 bits per heavy atom. The van der Waals surface area contributed by atoms with Crippen LogP contribution in [-0.2, 0) is 6.54 Å². The van der Waals surface area contributed by atoms with E-state index in [9.17, 15) is 4.79 Å². The fourth-order valence-corrected chi connectivity index (χ4v) is 2.20. The van der Waals surface area contributed by atoms with Crippen LogP contribution in [0.15, 0.2) is 46.9 Å². The van der Waals surface area contributed by atoms with Gasteiger partial charge in [0.15, 0.2) is 0 Å². The second-order valence-corrected chi connectivity index (χ2v) is 5.43. The Bertz CT molecular complexity index is 608. The largest absolute Gasteiger partial charge is 0.496 e. The number of ether oxygens (including phenoxy) is 1. The smallest absolute Gasteiger partial charge is 0.255 e. The molecule has 1 amide bonds. The molecule has 3 nitrogen and oxygen atoms in total. The second-order valence-electron chi connectivity index (χ2n) is 4.51. The lowest BCUT2D eigenvalue weighted by molar-refractivity contribution is 0.0948. The number of hydrogen-bond acceptors (Lipinski definition) is 2. The fourth-order valence-electron chi connectivity index (χ4n) is 1.84. The van der Waals surface area contributed by atoms with Crippen molar-refractivity contribution in [1.29, 1.82) is 0 Å². The molecule has 0 saturated carbocycles. The van der Waals surface area contributed by atoms with Crippen molar-refractivity contribution in [2.45, 2.75) is 13.5 Å². The molecule has 0 aliphatic heterocycles. The summed E-state index contributed by atoms with van der Waals surface area (Å²) in [4.78, 5) is 12.2. The van der Waals surface area contributed by atoms with E-state index in [0.717, 1.165) is 10.0 Å². The first-order chi connectivity index (χ1) is 9.60. The van der Waals surface area contributed by atoms with E-state index >= 15 is 0 Å². The van der Waals surface area contributed by atoms with Crippen molar-refractivity contribution in [2.75, 3.05) is 7.11 Å². The predicted molar refractivity (Wildman–Crippen MR) is 83.0 cm³/mol. The van der Waals surface area contributed by atoms with E-state index < -0.39 is 0 Å². The number of benzene rings is 2. The third-order valence-electron chi connectivity index (χ3n) is 2.98. The molecule has 0 bridgehead atoms. The number of aryl methyl sites for hydroxylation is 1. The number of hydrogen-bond donors (Lipinski definition) is 1. The first kappa shape index (κ1) is 14.6. The van der Waals surface area contributed by atoms with Gasteiger partial charge in [0.05, 0.1) is 12.7 Å². The summed E-state index contributed by atoms with van der Waals surface area (Å²) in [7, 11) is 1.56. The standard InChI is InChI=1S/C16H16BrNO2/c1-11-3-5-12(6-4-11)10-18-16(19)14-9-13(17)7-8-15(14)20-2/h3-9H,10H2,1-2H3,(H,18,19). The SMILES string of the molecule is COc1ccc(Br)cc1C(=O)NCc1ccc(C)cc1. The molecule has 0 spiro atoms. The average molecular weight is 334 g/mol. The lowest BCUT2D eigenvalue weighted by atomic mass is 10.1. The maximum absolute atomic E-state index is 12.2. The van der Waals surface area contributed by atoms with Gasteiger partial charge in [0.25, 0.3) is 5.91 Å². The summed E-state index contributed by atoms with van der Waals surface area (Å²) in [6.07, 6.45) is 0. The third kappa shape index (κ3) is 3.61. The highest BCUT2D eigenvalue weighted by Gasteiger charge is 2.12. The summed E-state index contributed by atoms with van der Waals surface area (Å²) < 4.78 is 6.05. The minimum atomic E-state index is -0.149. The van der Waals surface area contributed by atoms with Gasteiger partial charge in [0.2, 0.25) is 0 Å². The number of carbonyl (C=O) groups excluding carboxylic acids is 1. The number of halogens is 1. The van der Waals surface area contributed by atoms with Gasteiger partial charge in [0, 0.05) is 11.0 Å². The summed E-state index contributed by atoms with van der Waals surface area (Å²) >= 11 is 3.36. The van der Waals surface area contributed by atoms with Crippen LogP contribution in [0.4, 0.5) is 0 Å². The summed E-state index contributed by atoms with van der Waals surface area (Å²) in [5.41, 5.74) is 2.79. The molecule has 20 heavy (non-hydrogen) atoms. The molecule has 0 aliphatic rings. The molecule has 2 aromatic rings. The molecule has 0 aliphatic carbocycles. The van der Waals surface area contributed by atoms with Crippen LogP contribution in [-0.4, -0.2) is 13.0 Å². The Morgan fingerprint density at radius 1 is 1.20 bits per heavy atom. The van der Waals surface area contributed by atoms with Gasteiger partial charge in [-0.15, -0.1) is 0 Å². The number of methoxy groups -OCH3 is 1. The molecule has 0 heterocycles. The normalized spacial score (nSPS) is 10.2. The van der Waals surface area contributed by atoms with Gasteiger partial charge in [-0.2, -0.15) is 0 Å². The highest BCUT2D eigenvalue weighted by atomic mass is 79.9. The molecule has 0 radical (unpaired) electrons. The van der Waals surface area contributed by atoms with Gasteiger partial charge >= 0.3 is 0 Å². The van der Waals surface area contributed by atoms with Gasteiger partial charge in [-0.05, 0) is 30.7 Å². The van der Waals surface area contributed by atoms with E-state index in [1.54, 1.807) is 19.2 Å². The van der Waals surface area contributed by atoms with Crippen LogP contribution in [0.3, 0.4) is 0 Å². The molecule has 0 fully saturated rings. The van der Waals surface area contributed by atoms with Crippen LogP contribution in [0, 0.1) is 6.92 Å². The predicted octanol–water partition coefficient (Wildman–Crippen LogP) is 3.70. The van der Waals surface area contributed by atoms with E-state index in [-0.39, 0.29) is 5.91 Å². The number of amides is 1. The fraction of sp³-hybridized carbons (Fsp3) is 0.188. The molecule has 1 N–H and O–H groups in total. The molecule has 0 unspecified atom stereocenters. The number of nitrogens with one attached hydrogen (secondary N) is 1. The molecule has 2 aromatic carbocycles. The Balaban J connectivity index is 2.08. The number of rotatable bonds is 4. The van der Waals surface area contributed by atoms with E-state index in [0.29, 0.717) is 17.9 Å². The first-order valence-electron chi connectivity index (χ1n) is 6.27. The van der Waals surface area contributed by atoms with Crippen molar-refractivity contribution in [1.82, 2.24) is 5.32 Å². The van der Waals surface area contributed by atoms with E-state index in [4.69, 9.17) is 4.74 Å². The van der Waals surface area contributed by atoms with Crippen LogP contribution in [0.25, 0.3) is 0 Å². The van der Waals surface area contributed by atoms with Crippen LogP contribution >= 0.6 is 15.9 Å². The highest BCUT2D eigenvalue weighted by Crippen LogP contribution is 2.22. The lowest BCUT2D eigenvalue weighted by Crippen LogP contribution is -2.23. The Morgan fingerprint density at radius 2 is 1.90 bits per heavy atom.